The van der Waals surface area contributed by atoms with E-state index in [9.17, 15) is 14.9 Å². The zero-order valence-corrected chi connectivity index (χ0v) is 21.9. The van der Waals surface area contributed by atoms with E-state index >= 15 is 0 Å². The van der Waals surface area contributed by atoms with Crippen LogP contribution in [0, 0.1) is 32.1 Å². The molecule has 0 fully saturated rings. The summed E-state index contributed by atoms with van der Waals surface area (Å²) in [5, 5.41) is 13.7. The van der Waals surface area contributed by atoms with E-state index in [0.717, 1.165) is 45.7 Å². The Hall–Kier alpha value is -3.15. The normalized spacial score (nSPS) is 11.9. The Morgan fingerprint density at radius 2 is 1.97 bits per heavy atom. The zero-order valence-electron chi connectivity index (χ0n) is 20.3. The largest absolute Gasteiger partial charge is 0.462 e. The average Bonchev–Trinajstić information content (AvgIpc) is 3.21. The first-order valence-electron chi connectivity index (χ1n) is 11.6. The SMILES string of the molecule is CCOC(=O)c1c(NC(=O)CCSc2nc(C)c(C)c(C)c2C#N)sc2c1CCc1ccccc1-2. The fraction of sp³-hybridized carbons (Fsp3) is 0.333. The molecular weight excluding hydrogens is 478 g/mol. The number of pyridine rings is 1. The van der Waals surface area contributed by atoms with Gasteiger partial charge in [-0.05, 0) is 68.4 Å². The van der Waals surface area contributed by atoms with E-state index in [2.05, 4.69) is 28.5 Å². The quantitative estimate of drug-likeness (QED) is 0.313. The van der Waals surface area contributed by atoms with Crippen molar-refractivity contribution in [3.05, 3.63) is 63.3 Å². The lowest BCUT2D eigenvalue weighted by molar-refractivity contribution is -0.115. The third-order valence-electron chi connectivity index (χ3n) is 6.29. The van der Waals surface area contributed by atoms with E-state index < -0.39 is 5.97 Å². The van der Waals surface area contributed by atoms with Crippen LogP contribution < -0.4 is 5.32 Å². The van der Waals surface area contributed by atoms with Crippen molar-refractivity contribution < 1.29 is 14.3 Å². The highest BCUT2D eigenvalue weighted by Gasteiger charge is 2.29. The number of hydrogen-bond acceptors (Lipinski definition) is 7. The monoisotopic (exact) mass is 505 g/mol. The number of nitrogens with zero attached hydrogens (tertiary/aromatic N) is 2. The number of rotatable bonds is 7. The van der Waals surface area contributed by atoms with E-state index in [1.165, 1.54) is 28.7 Å². The Labute approximate surface area is 213 Å². The van der Waals surface area contributed by atoms with Crippen LogP contribution in [0.25, 0.3) is 10.4 Å². The second-order valence-corrected chi connectivity index (χ2v) is 10.5. The number of amides is 1. The molecule has 4 rings (SSSR count). The number of ether oxygens (including phenoxy) is 1. The summed E-state index contributed by atoms with van der Waals surface area (Å²) in [5.74, 6) is -0.116. The summed E-state index contributed by atoms with van der Waals surface area (Å²) in [4.78, 5) is 31.3. The molecule has 6 nitrogen and oxygen atoms in total. The Bertz CT molecular complexity index is 1350. The van der Waals surface area contributed by atoms with Crippen molar-refractivity contribution in [3.63, 3.8) is 0 Å². The number of nitrogens with one attached hydrogen (secondary N) is 1. The number of benzene rings is 1. The maximum Gasteiger partial charge on any atom is 0.341 e. The fourth-order valence-electron chi connectivity index (χ4n) is 4.22. The van der Waals surface area contributed by atoms with E-state index in [-0.39, 0.29) is 18.9 Å². The zero-order chi connectivity index (χ0) is 25.1. The van der Waals surface area contributed by atoms with Gasteiger partial charge in [0.05, 0.1) is 17.7 Å². The fourth-order valence-corrected chi connectivity index (χ4v) is 6.56. The molecule has 0 saturated carbocycles. The van der Waals surface area contributed by atoms with E-state index in [1.54, 1.807) is 6.92 Å². The van der Waals surface area contributed by atoms with Crippen molar-refractivity contribution in [2.45, 2.75) is 52.0 Å². The molecule has 0 saturated heterocycles. The van der Waals surface area contributed by atoms with Crippen molar-refractivity contribution in [1.82, 2.24) is 4.98 Å². The third kappa shape index (κ3) is 4.97. The summed E-state index contributed by atoms with van der Waals surface area (Å²) in [6.45, 7) is 7.86. The van der Waals surface area contributed by atoms with Crippen molar-refractivity contribution in [2.24, 2.45) is 0 Å². The number of hydrogen-bond donors (Lipinski definition) is 1. The molecule has 1 amide bonds. The molecule has 1 aliphatic carbocycles. The number of thioether (sulfide) groups is 1. The molecule has 0 atom stereocenters. The van der Waals surface area contributed by atoms with Crippen LogP contribution in [0.5, 0.6) is 0 Å². The summed E-state index contributed by atoms with van der Waals surface area (Å²) in [6, 6.07) is 10.4. The molecule has 8 heteroatoms. The molecule has 0 unspecified atom stereocenters. The Kier molecular flexibility index (Phi) is 7.58. The summed E-state index contributed by atoms with van der Waals surface area (Å²) >= 11 is 2.84. The predicted molar refractivity (Wildman–Crippen MR) is 140 cm³/mol. The second-order valence-electron chi connectivity index (χ2n) is 8.38. The standard InChI is InChI=1S/C27H27N3O3S2/c1-5-33-27(32)23-20-11-10-18-8-6-7-9-19(18)24(20)35-26(23)30-22(31)12-13-34-25-21(14-28)16(3)15(2)17(4)29-25/h6-9H,5,10-13H2,1-4H3,(H,30,31). The molecule has 0 aliphatic heterocycles. The number of fused-ring (bicyclic) bond motifs is 3. The van der Waals surface area contributed by atoms with Gasteiger partial charge in [-0.15, -0.1) is 23.1 Å². The summed E-state index contributed by atoms with van der Waals surface area (Å²) in [6.07, 6.45) is 1.81. The van der Waals surface area contributed by atoms with Crippen LogP contribution >= 0.6 is 23.1 Å². The molecule has 0 radical (unpaired) electrons. The molecule has 1 N–H and O–H groups in total. The lowest BCUT2D eigenvalue weighted by Crippen LogP contribution is -2.16. The highest BCUT2D eigenvalue weighted by atomic mass is 32.2. The minimum atomic E-state index is -0.400. The van der Waals surface area contributed by atoms with Crippen molar-refractivity contribution in [1.29, 1.82) is 5.26 Å². The van der Waals surface area contributed by atoms with Gasteiger partial charge < -0.3 is 10.1 Å². The van der Waals surface area contributed by atoms with Crippen molar-refractivity contribution >= 4 is 40.0 Å². The van der Waals surface area contributed by atoms with Gasteiger partial charge in [0, 0.05) is 22.7 Å². The summed E-state index contributed by atoms with van der Waals surface area (Å²) < 4.78 is 5.33. The van der Waals surface area contributed by atoms with Crippen LogP contribution in [0.2, 0.25) is 0 Å². The summed E-state index contributed by atoms with van der Waals surface area (Å²) in [5.41, 5.74) is 7.17. The predicted octanol–water partition coefficient (Wildman–Crippen LogP) is 6.00. The van der Waals surface area contributed by atoms with Crippen LogP contribution in [-0.4, -0.2) is 29.2 Å². The number of anilines is 1. The molecule has 0 spiro atoms. The molecule has 2 aromatic heterocycles. The molecule has 35 heavy (non-hydrogen) atoms. The van der Waals surface area contributed by atoms with Gasteiger partial charge in [0.1, 0.15) is 16.1 Å². The number of carbonyl (C=O) groups excluding carboxylic acids is 2. The highest BCUT2D eigenvalue weighted by Crippen LogP contribution is 2.45. The second kappa shape index (κ2) is 10.6. The van der Waals surface area contributed by atoms with Gasteiger partial charge in [0.15, 0.2) is 0 Å². The Morgan fingerprint density at radius 1 is 1.20 bits per heavy atom. The average molecular weight is 506 g/mol. The lowest BCUT2D eigenvalue weighted by Gasteiger charge is -2.16. The minimum absolute atomic E-state index is 0.186. The maximum absolute atomic E-state index is 12.9. The van der Waals surface area contributed by atoms with Gasteiger partial charge in [-0.25, -0.2) is 9.78 Å². The first-order valence-corrected chi connectivity index (χ1v) is 13.4. The number of carbonyl (C=O) groups is 2. The smallest absolute Gasteiger partial charge is 0.341 e. The van der Waals surface area contributed by atoms with Gasteiger partial charge in [0.2, 0.25) is 5.91 Å². The third-order valence-corrected chi connectivity index (χ3v) is 8.45. The Morgan fingerprint density at radius 3 is 2.71 bits per heavy atom. The molecule has 0 bridgehead atoms. The van der Waals surface area contributed by atoms with Gasteiger partial charge in [-0.3, -0.25) is 4.79 Å². The van der Waals surface area contributed by atoms with Gasteiger partial charge in [-0.2, -0.15) is 5.26 Å². The number of aryl methyl sites for hydroxylation is 2. The highest BCUT2D eigenvalue weighted by molar-refractivity contribution is 7.99. The van der Waals surface area contributed by atoms with E-state index in [4.69, 9.17) is 4.74 Å². The number of nitriles is 1. The number of esters is 1. The van der Waals surface area contributed by atoms with Gasteiger partial charge in [-0.1, -0.05) is 24.3 Å². The Balaban J connectivity index is 1.53. The molecule has 3 aromatic rings. The molecular formula is C27H27N3O3S2. The number of aromatic nitrogens is 1. The van der Waals surface area contributed by atoms with Crippen LogP contribution in [0.4, 0.5) is 5.00 Å². The minimum Gasteiger partial charge on any atom is -0.462 e. The number of thiophene rings is 1. The topological polar surface area (TPSA) is 92.1 Å². The molecule has 1 aromatic carbocycles. The molecule has 1 aliphatic rings. The summed E-state index contributed by atoms with van der Waals surface area (Å²) in [7, 11) is 0. The van der Waals surface area contributed by atoms with E-state index in [0.29, 0.717) is 26.9 Å². The van der Waals surface area contributed by atoms with Crippen LogP contribution in [0.3, 0.4) is 0 Å². The maximum atomic E-state index is 12.9. The molecule has 180 valence electrons. The molecule has 2 heterocycles. The van der Waals surface area contributed by atoms with Crippen molar-refractivity contribution in [3.8, 4) is 16.5 Å². The first kappa shape index (κ1) is 25.0. The first-order chi connectivity index (χ1) is 16.8. The van der Waals surface area contributed by atoms with Gasteiger partial charge in [0.25, 0.3) is 0 Å². The van der Waals surface area contributed by atoms with Crippen LogP contribution in [0.15, 0.2) is 29.3 Å². The van der Waals surface area contributed by atoms with Crippen molar-refractivity contribution in [2.75, 3.05) is 17.7 Å². The van der Waals surface area contributed by atoms with Crippen LogP contribution in [-0.2, 0) is 22.4 Å². The van der Waals surface area contributed by atoms with Gasteiger partial charge >= 0.3 is 5.97 Å². The van der Waals surface area contributed by atoms with E-state index in [1.807, 2.05) is 32.9 Å². The lowest BCUT2D eigenvalue weighted by atomic mass is 9.89. The van der Waals surface area contributed by atoms with Crippen LogP contribution in [0.1, 0.15) is 57.2 Å².